The number of amides is 1. The van der Waals surface area contributed by atoms with Crippen molar-refractivity contribution in [2.45, 2.75) is 13.0 Å². The number of carbonyl (C=O) groups excluding carboxylic acids is 1. The Balaban J connectivity index is 2.86. The van der Waals surface area contributed by atoms with Crippen LogP contribution in [-0.4, -0.2) is 12.0 Å². The summed E-state index contributed by atoms with van der Waals surface area (Å²) in [6.07, 6.45) is -3.97. The number of nitrogens with one attached hydrogen (secondary N) is 1. The van der Waals surface area contributed by atoms with Gasteiger partial charge in [-0.3, -0.25) is 10.2 Å². The molecule has 1 aromatic carbocycles. The Bertz CT molecular complexity index is 369. The summed E-state index contributed by atoms with van der Waals surface area (Å²) in [5.74, 6) is 2.84. The molecule has 0 saturated carbocycles. The molecule has 0 aliphatic carbocycles. The second kappa shape index (κ2) is 4.22. The first-order valence-corrected chi connectivity index (χ1v) is 4.11. The molecule has 0 aliphatic rings. The third kappa shape index (κ3) is 2.63. The van der Waals surface area contributed by atoms with Crippen LogP contribution in [0.3, 0.4) is 0 Å². The molecule has 0 fully saturated rings. The van der Waals surface area contributed by atoms with Gasteiger partial charge in [0.15, 0.2) is 0 Å². The zero-order valence-corrected chi connectivity index (χ0v) is 7.96. The molecule has 15 heavy (non-hydrogen) atoms. The fourth-order valence-corrected chi connectivity index (χ4v) is 0.939. The summed E-state index contributed by atoms with van der Waals surface area (Å²) in [7, 11) is 0. The molecule has 0 spiro atoms. The molecule has 1 rings (SSSR count). The summed E-state index contributed by atoms with van der Waals surface area (Å²) >= 11 is 0. The van der Waals surface area contributed by atoms with E-state index < -0.39 is 12.0 Å². The van der Waals surface area contributed by atoms with Crippen LogP contribution in [0.1, 0.15) is 5.56 Å². The standard InChI is InChI=1S/C9H10F2N2O2/c1-6-4-2-3-5-7(6)15-9(10,11)8(14)13-12/h2-5H,12H2,1H3,(H,13,14). The first kappa shape index (κ1) is 11.4. The van der Waals surface area contributed by atoms with Gasteiger partial charge in [0.1, 0.15) is 5.75 Å². The van der Waals surface area contributed by atoms with Crippen molar-refractivity contribution in [3.8, 4) is 5.75 Å². The zero-order valence-electron chi connectivity index (χ0n) is 7.96. The van der Waals surface area contributed by atoms with Crippen molar-refractivity contribution in [1.82, 2.24) is 5.43 Å². The number of aryl methyl sites for hydroxylation is 1. The molecule has 0 heterocycles. The third-order valence-electron chi connectivity index (χ3n) is 1.73. The van der Waals surface area contributed by atoms with E-state index in [1.54, 1.807) is 19.1 Å². The highest BCUT2D eigenvalue weighted by Gasteiger charge is 2.42. The first-order chi connectivity index (χ1) is 6.97. The largest absolute Gasteiger partial charge is 0.483 e. The fourth-order valence-electron chi connectivity index (χ4n) is 0.939. The second-order valence-electron chi connectivity index (χ2n) is 2.86. The summed E-state index contributed by atoms with van der Waals surface area (Å²) in [5, 5.41) is 0. The molecule has 0 saturated heterocycles. The number of benzene rings is 1. The highest BCUT2D eigenvalue weighted by atomic mass is 19.3. The quantitative estimate of drug-likeness (QED) is 0.449. The van der Waals surface area contributed by atoms with Crippen LogP contribution in [0.2, 0.25) is 0 Å². The van der Waals surface area contributed by atoms with Gasteiger partial charge in [-0.25, -0.2) is 5.84 Å². The monoisotopic (exact) mass is 216 g/mol. The maximum Gasteiger partial charge on any atom is 0.483 e. The molecule has 1 aromatic rings. The van der Waals surface area contributed by atoms with E-state index in [0.29, 0.717) is 5.56 Å². The van der Waals surface area contributed by atoms with Crippen LogP contribution in [0.4, 0.5) is 8.78 Å². The molecule has 0 aliphatic heterocycles. The number of hydrogen-bond donors (Lipinski definition) is 2. The Morgan fingerprint density at radius 3 is 2.60 bits per heavy atom. The number of hydrazine groups is 1. The normalized spacial score (nSPS) is 10.9. The molecule has 0 atom stereocenters. The number of hydrogen-bond acceptors (Lipinski definition) is 3. The minimum atomic E-state index is -3.97. The first-order valence-electron chi connectivity index (χ1n) is 4.11. The molecule has 0 bridgehead atoms. The molecule has 0 radical (unpaired) electrons. The average molecular weight is 216 g/mol. The van der Waals surface area contributed by atoms with E-state index in [0.717, 1.165) is 0 Å². The van der Waals surface area contributed by atoms with Gasteiger partial charge in [-0.05, 0) is 18.6 Å². The zero-order chi connectivity index (χ0) is 11.5. The van der Waals surface area contributed by atoms with Gasteiger partial charge in [-0.2, -0.15) is 8.78 Å². The third-order valence-corrected chi connectivity index (χ3v) is 1.73. The van der Waals surface area contributed by atoms with Gasteiger partial charge >= 0.3 is 12.0 Å². The number of carbonyl (C=O) groups is 1. The number of rotatable bonds is 3. The van der Waals surface area contributed by atoms with Crippen molar-refractivity contribution >= 4 is 5.91 Å². The van der Waals surface area contributed by atoms with Crippen molar-refractivity contribution in [3.63, 3.8) is 0 Å². The summed E-state index contributed by atoms with van der Waals surface area (Å²) in [5.41, 5.74) is 1.83. The van der Waals surface area contributed by atoms with E-state index in [1.807, 2.05) is 0 Å². The van der Waals surface area contributed by atoms with Gasteiger partial charge in [0.2, 0.25) is 0 Å². The molecule has 0 unspecified atom stereocenters. The number of nitrogens with two attached hydrogens (primary N) is 1. The minimum absolute atomic E-state index is 0.0638. The molecule has 6 heteroatoms. The predicted octanol–water partition coefficient (Wildman–Crippen LogP) is 0.957. The van der Waals surface area contributed by atoms with Crippen molar-refractivity contribution in [2.75, 3.05) is 0 Å². The molecular weight excluding hydrogens is 206 g/mol. The molecule has 4 nitrogen and oxygen atoms in total. The van der Waals surface area contributed by atoms with E-state index >= 15 is 0 Å². The van der Waals surface area contributed by atoms with Crippen LogP contribution >= 0.6 is 0 Å². The Hall–Kier alpha value is -1.69. The Labute approximate surface area is 85.0 Å². The van der Waals surface area contributed by atoms with Crippen LogP contribution in [0, 0.1) is 6.92 Å². The maximum absolute atomic E-state index is 13.0. The Morgan fingerprint density at radius 1 is 1.47 bits per heavy atom. The van der Waals surface area contributed by atoms with Crippen LogP contribution in [0.15, 0.2) is 24.3 Å². The van der Waals surface area contributed by atoms with Crippen LogP contribution in [-0.2, 0) is 4.79 Å². The lowest BCUT2D eigenvalue weighted by molar-refractivity contribution is -0.193. The topological polar surface area (TPSA) is 64.3 Å². The van der Waals surface area contributed by atoms with Crippen LogP contribution in [0.5, 0.6) is 5.75 Å². The SMILES string of the molecule is Cc1ccccc1OC(F)(F)C(=O)NN. The van der Waals surface area contributed by atoms with E-state index in [2.05, 4.69) is 10.6 Å². The lowest BCUT2D eigenvalue weighted by atomic mass is 10.2. The predicted molar refractivity (Wildman–Crippen MR) is 49.1 cm³/mol. The lowest BCUT2D eigenvalue weighted by Gasteiger charge is -2.16. The summed E-state index contributed by atoms with van der Waals surface area (Å²) in [4.78, 5) is 10.6. The Morgan fingerprint density at radius 2 is 2.07 bits per heavy atom. The Kier molecular flexibility index (Phi) is 3.21. The van der Waals surface area contributed by atoms with Gasteiger partial charge in [-0.1, -0.05) is 18.2 Å². The maximum atomic E-state index is 13.0. The summed E-state index contributed by atoms with van der Waals surface area (Å²) < 4.78 is 30.2. The smallest absolute Gasteiger partial charge is 0.425 e. The minimum Gasteiger partial charge on any atom is -0.425 e. The van der Waals surface area contributed by atoms with E-state index in [4.69, 9.17) is 0 Å². The lowest BCUT2D eigenvalue weighted by Crippen LogP contribution is -2.47. The van der Waals surface area contributed by atoms with E-state index in [-0.39, 0.29) is 5.75 Å². The second-order valence-corrected chi connectivity index (χ2v) is 2.86. The van der Waals surface area contributed by atoms with Crippen LogP contribution < -0.4 is 16.0 Å². The van der Waals surface area contributed by atoms with Gasteiger partial charge in [0, 0.05) is 0 Å². The summed E-state index contributed by atoms with van der Waals surface area (Å²) in [6.45, 7) is 1.59. The van der Waals surface area contributed by atoms with E-state index in [9.17, 15) is 13.6 Å². The fraction of sp³-hybridized carbons (Fsp3) is 0.222. The van der Waals surface area contributed by atoms with Gasteiger partial charge in [0.25, 0.3) is 0 Å². The summed E-state index contributed by atoms with van der Waals surface area (Å²) in [6, 6.07) is 6.13. The molecular formula is C9H10F2N2O2. The molecule has 3 N–H and O–H groups in total. The number of alkyl halides is 2. The van der Waals surface area contributed by atoms with Crippen molar-refractivity contribution in [2.24, 2.45) is 5.84 Å². The highest BCUT2D eigenvalue weighted by Crippen LogP contribution is 2.24. The molecule has 1 amide bonds. The van der Waals surface area contributed by atoms with Gasteiger partial charge in [0.05, 0.1) is 0 Å². The van der Waals surface area contributed by atoms with Crippen molar-refractivity contribution < 1.29 is 18.3 Å². The molecule has 0 aromatic heterocycles. The number of ether oxygens (including phenoxy) is 1. The highest BCUT2D eigenvalue weighted by molar-refractivity contribution is 5.81. The van der Waals surface area contributed by atoms with Gasteiger partial charge < -0.3 is 4.74 Å². The van der Waals surface area contributed by atoms with E-state index in [1.165, 1.54) is 17.6 Å². The average Bonchev–Trinajstić information content (AvgIpc) is 2.20. The number of halogens is 2. The van der Waals surface area contributed by atoms with Crippen molar-refractivity contribution in [1.29, 1.82) is 0 Å². The van der Waals surface area contributed by atoms with Crippen LogP contribution in [0.25, 0.3) is 0 Å². The van der Waals surface area contributed by atoms with Crippen molar-refractivity contribution in [3.05, 3.63) is 29.8 Å². The van der Waals surface area contributed by atoms with Gasteiger partial charge in [-0.15, -0.1) is 0 Å². The number of para-hydroxylation sites is 1. The molecule has 82 valence electrons.